The van der Waals surface area contributed by atoms with Crippen LogP contribution in [0.25, 0.3) is 11.4 Å². The lowest BCUT2D eigenvalue weighted by Crippen LogP contribution is -2.14. The van der Waals surface area contributed by atoms with Gasteiger partial charge >= 0.3 is 0 Å². The molecular formula is C17H14BrClN4OS. The number of aromatic nitrogens is 3. The van der Waals surface area contributed by atoms with Crippen molar-refractivity contribution in [2.24, 2.45) is 7.05 Å². The SMILES string of the molecule is Cn1c(SCC(=O)Nc2ccccc2Br)nnc1-c1ccc(Cl)cc1. The molecule has 2 aromatic carbocycles. The standard InChI is InChI=1S/C17H14BrClN4OS/c1-23-16(11-6-8-12(19)9-7-11)21-22-17(23)25-10-15(24)20-14-5-3-2-4-13(14)18/h2-9H,10H2,1H3,(H,20,24). The molecule has 0 fully saturated rings. The quantitative estimate of drug-likeness (QED) is 0.591. The molecule has 0 radical (unpaired) electrons. The number of amides is 1. The number of nitrogens with one attached hydrogen (secondary N) is 1. The van der Waals surface area contributed by atoms with Crippen LogP contribution in [0.2, 0.25) is 5.02 Å². The zero-order chi connectivity index (χ0) is 17.8. The highest BCUT2D eigenvalue weighted by Gasteiger charge is 2.13. The minimum absolute atomic E-state index is 0.104. The average molecular weight is 438 g/mol. The Bertz CT molecular complexity index is 898. The lowest BCUT2D eigenvalue weighted by atomic mass is 10.2. The molecule has 5 nitrogen and oxygen atoms in total. The third-order valence-corrected chi connectivity index (χ3v) is 5.38. The van der Waals surface area contributed by atoms with Gasteiger partial charge in [-0.1, -0.05) is 35.5 Å². The second kappa shape index (κ2) is 8.03. The second-order valence-corrected chi connectivity index (χ2v) is 7.42. The van der Waals surface area contributed by atoms with Crippen molar-refractivity contribution in [1.82, 2.24) is 14.8 Å². The van der Waals surface area contributed by atoms with Gasteiger partial charge in [0.25, 0.3) is 0 Å². The van der Waals surface area contributed by atoms with Crippen LogP contribution in [0.3, 0.4) is 0 Å². The zero-order valence-electron chi connectivity index (χ0n) is 13.2. The van der Waals surface area contributed by atoms with E-state index in [-0.39, 0.29) is 11.7 Å². The van der Waals surface area contributed by atoms with Gasteiger partial charge in [-0.25, -0.2) is 0 Å². The summed E-state index contributed by atoms with van der Waals surface area (Å²) in [5.41, 5.74) is 1.66. The first-order valence-electron chi connectivity index (χ1n) is 7.37. The van der Waals surface area contributed by atoms with Gasteiger partial charge in [-0.3, -0.25) is 4.79 Å². The fourth-order valence-electron chi connectivity index (χ4n) is 2.17. The van der Waals surface area contributed by atoms with E-state index in [1.54, 1.807) is 0 Å². The Hall–Kier alpha value is -1.83. The number of hydrogen-bond acceptors (Lipinski definition) is 4. The van der Waals surface area contributed by atoms with Crippen LogP contribution < -0.4 is 5.32 Å². The summed E-state index contributed by atoms with van der Waals surface area (Å²) in [7, 11) is 1.87. The van der Waals surface area contributed by atoms with Crippen LogP contribution in [0.5, 0.6) is 0 Å². The number of nitrogens with zero attached hydrogens (tertiary/aromatic N) is 3. The summed E-state index contributed by atoms with van der Waals surface area (Å²) in [5.74, 6) is 0.867. The molecule has 1 N–H and O–H groups in total. The van der Waals surface area contributed by atoms with E-state index in [2.05, 4.69) is 31.4 Å². The van der Waals surface area contributed by atoms with Crippen LogP contribution in [0.4, 0.5) is 5.69 Å². The van der Waals surface area contributed by atoms with Crippen molar-refractivity contribution in [3.63, 3.8) is 0 Å². The monoisotopic (exact) mass is 436 g/mol. The molecule has 0 saturated heterocycles. The largest absolute Gasteiger partial charge is 0.324 e. The highest BCUT2D eigenvalue weighted by molar-refractivity contribution is 9.10. The topological polar surface area (TPSA) is 59.8 Å². The zero-order valence-corrected chi connectivity index (χ0v) is 16.4. The number of benzene rings is 2. The summed E-state index contributed by atoms with van der Waals surface area (Å²) in [6.07, 6.45) is 0. The molecule has 1 amide bonds. The first kappa shape index (κ1) is 18.0. The lowest BCUT2D eigenvalue weighted by molar-refractivity contribution is -0.113. The Morgan fingerprint density at radius 1 is 1.20 bits per heavy atom. The van der Waals surface area contributed by atoms with Crippen molar-refractivity contribution in [2.45, 2.75) is 5.16 Å². The third kappa shape index (κ3) is 4.42. The van der Waals surface area contributed by atoms with E-state index in [0.29, 0.717) is 10.2 Å². The molecular weight excluding hydrogens is 424 g/mol. The molecule has 25 heavy (non-hydrogen) atoms. The lowest BCUT2D eigenvalue weighted by Gasteiger charge is -2.07. The predicted molar refractivity (Wildman–Crippen MR) is 105 cm³/mol. The fraction of sp³-hybridized carbons (Fsp3) is 0.118. The molecule has 128 valence electrons. The van der Waals surface area contributed by atoms with Gasteiger partial charge in [0, 0.05) is 22.1 Å². The molecule has 0 aliphatic rings. The van der Waals surface area contributed by atoms with Crippen molar-refractivity contribution >= 4 is 50.9 Å². The van der Waals surface area contributed by atoms with Crippen molar-refractivity contribution in [3.8, 4) is 11.4 Å². The maximum absolute atomic E-state index is 12.1. The van der Waals surface area contributed by atoms with E-state index in [1.165, 1.54) is 11.8 Å². The molecule has 0 saturated carbocycles. The Balaban J connectivity index is 1.65. The molecule has 0 aliphatic heterocycles. The van der Waals surface area contributed by atoms with Gasteiger partial charge in [0.05, 0.1) is 11.4 Å². The van der Waals surface area contributed by atoms with Gasteiger partial charge in [-0.05, 0) is 52.3 Å². The Morgan fingerprint density at radius 3 is 2.64 bits per heavy atom. The van der Waals surface area contributed by atoms with Crippen LogP contribution in [0, 0.1) is 0 Å². The molecule has 0 atom stereocenters. The minimum atomic E-state index is -0.104. The maximum Gasteiger partial charge on any atom is 0.234 e. The predicted octanol–water partition coefficient (Wildman–Crippen LogP) is 4.63. The summed E-state index contributed by atoms with van der Waals surface area (Å²) in [5, 5.41) is 12.6. The highest BCUT2D eigenvalue weighted by Crippen LogP contribution is 2.25. The molecule has 8 heteroatoms. The van der Waals surface area contributed by atoms with Crippen LogP contribution >= 0.6 is 39.3 Å². The molecule has 0 unspecified atom stereocenters. The normalized spacial score (nSPS) is 10.7. The van der Waals surface area contributed by atoms with Crippen LogP contribution in [0.1, 0.15) is 0 Å². The average Bonchev–Trinajstić information content (AvgIpc) is 2.97. The fourth-order valence-corrected chi connectivity index (χ4v) is 3.39. The minimum Gasteiger partial charge on any atom is -0.324 e. The number of anilines is 1. The van der Waals surface area contributed by atoms with Crippen LogP contribution in [-0.4, -0.2) is 26.4 Å². The van der Waals surface area contributed by atoms with Crippen LogP contribution in [-0.2, 0) is 11.8 Å². The first-order chi connectivity index (χ1) is 12.0. The van der Waals surface area contributed by atoms with Gasteiger partial charge in [0.2, 0.25) is 5.91 Å². The summed E-state index contributed by atoms with van der Waals surface area (Å²) in [6.45, 7) is 0. The Labute approximate surface area is 162 Å². The van der Waals surface area contributed by atoms with Gasteiger partial charge < -0.3 is 9.88 Å². The van der Waals surface area contributed by atoms with E-state index in [1.807, 2.05) is 60.1 Å². The molecule has 1 aromatic heterocycles. The molecule has 1 heterocycles. The smallest absolute Gasteiger partial charge is 0.234 e. The summed E-state index contributed by atoms with van der Waals surface area (Å²) in [4.78, 5) is 12.1. The molecule has 3 rings (SSSR count). The van der Waals surface area contributed by atoms with Crippen molar-refractivity contribution < 1.29 is 4.79 Å². The number of carbonyl (C=O) groups excluding carboxylic acids is 1. The van der Waals surface area contributed by atoms with Crippen molar-refractivity contribution in [1.29, 1.82) is 0 Å². The van der Waals surface area contributed by atoms with Gasteiger partial charge in [-0.15, -0.1) is 10.2 Å². The molecule has 0 spiro atoms. The highest BCUT2D eigenvalue weighted by atomic mass is 79.9. The number of para-hydroxylation sites is 1. The van der Waals surface area contributed by atoms with E-state index in [9.17, 15) is 4.79 Å². The van der Waals surface area contributed by atoms with Gasteiger partial charge in [-0.2, -0.15) is 0 Å². The Morgan fingerprint density at radius 2 is 1.92 bits per heavy atom. The summed E-state index contributed by atoms with van der Waals surface area (Å²) in [6, 6.07) is 14.9. The maximum atomic E-state index is 12.1. The van der Waals surface area contributed by atoms with Gasteiger partial charge in [0.15, 0.2) is 11.0 Å². The summed E-state index contributed by atoms with van der Waals surface area (Å²) < 4.78 is 2.71. The van der Waals surface area contributed by atoms with E-state index in [0.717, 1.165) is 21.5 Å². The molecule has 0 bridgehead atoms. The molecule has 3 aromatic rings. The van der Waals surface area contributed by atoms with Crippen molar-refractivity contribution in [2.75, 3.05) is 11.1 Å². The molecule has 0 aliphatic carbocycles. The first-order valence-corrected chi connectivity index (χ1v) is 9.53. The number of hydrogen-bond donors (Lipinski definition) is 1. The number of carbonyl (C=O) groups is 1. The van der Waals surface area contributed by atoms with E-state index < -0.39 is 0 Å². The van der Waals surface area contributed by atoms with Crippen LogP contribution in [0.15, 0.2) is 58.2 Å². The number of rotatable bonds is 5. The number of halogens is 2. The van der Waals surface area contributed by atoms with E-state index in [4.69, 9.17) is 11.6 Å². The van der Waals surface area contributed by atoms with E-state index >= 15 is 0 Å². The number of thioether (sulfide) groups is 1. The second-order valence-electron chi connectivity index (χ2n) is 5.19. The Kier molecular flexibility index (Phi) is 5.78. The van der Waals surface area contributed by atoms with Gasteiger partial charge in [0.1, 0.15) is 0 Å². The third-order valence-electron chi connectivity index (χ3n) is 3.42. The van der Waals surface area contributed by atoms with Crippen molar-refractivity contribution in [3.05, 3.63) is 58.0 Å². The summed E-state index contributed by atoms with van der Waals surface area (Å²) >= 11 is 10.7.